The summed E-state index contributed by atoms with van der Waals surface area (Å²) in [5.41, 5.74) is 0.873. The second kappa shape index (κ2) is 6.27. The molecule has 124 valence electrons. The third-order valence-electron chi connectivity index (χ3n) is 3.97. The first-order chi connectivity index (χ1) is 11.7. The van der Waals surface area contributed by atoms with Crippen molar-refractivity contribution in [1.82, 2.24) is 25.1 Å². The zero-order valence-corrected chi connectivity index (χ0v) is 13.7. The van der Waals surface area contributed by atoms with Gasteiger partial charge in [0, 0.05) is 25.3 Å². The van der Waals surface area contributed by atoms with E-state index in [9.17, 15) is 9.18 Å². The van der Waals surface area contributed by atoms with Crippen molar-refractivity contribution < 1.29 is 9.18 Å². The van der Waals surface area contributed by atoms with E-state index in [-0.39, 0.29) is 11.7 Å². The second-order valence-corrected chi connectivity index (χ2v) is 6.97. The molecule has 2 aromatic heterocycles. The lowest BCUT2D eigenvalue weighted by Crippen LogP contribution is -2.23. The molecule has 24 heavy (non-hydrogen) atoms. The van der Waals surface area contributed by atoms with Crippen LogP contribution in [-0.4, -0.2) is 25.7 Å². The number of fused-ring (bicyclic) bond motifs is 1. The average molecular weight is 345 g/mol. The van der Waals surface area contributed by atoms with E-state index in [2.05, 4.69) is 20.6 Å². The van der Waals surface area contributed by atoms with Crippen LogP contribution in [0.3, 0.4) is 0 Å². The van der Waals surface area contributed by atoms with E-state index in [0.717, 1.165) is 34.2 Å². The van der Waals surface area contributed by atoms with E-state index in [0.29, 0.717) is 25.3 Å². The number of carbonyl (C=O) groups excluding carboxylic acids is 1. The lowest BCUT2D eigenvalue weighted by molar-refractivity contribution is -0.121. The first-order valence-electron chi connectivity index (χ1n) is 7.91. The Hall–Kier alpha value is -2.35. The van der Waals surface area contributed by atoms with Crippen molar-refractivity contribution >= 4 is 22.2 Å². The van der Waals surface area contributed by atoms with Crippen LogP contribution < -0.4 is 5.32 Å². The van der Waals surface area contributed by atoms with Gasteiger partial charge in [0.1, 0.15) is 10.8 Å². The maximum atomic E-state index is 12.8. The second-order valence-electron chi connectivity index (χ2n) is 5.93. The lowest BCUT2D eigenvalue weighted by Gasteiger charge is -2.04. The van der Waals surface area contributed by atoms with Gasteiger partial charge in [-0.2, -0.15) is 9.61 Å². The van der Waals surface area contributed by atoms with E-state index in [1.807, 2.05) is 4.52 Å². The Balaban J connectivity index is 1.31. The van der Waals surface area contributed by atoms with Crippen molar-refractivity contribution in [3.63, 3.8) is 0 Å². The molecule has 4 rings (SSSR count). The molecule has 1 saturated carbocycles. The van der Waals surface area contributed by atoms with E-state index in [4.69, 9.17) is 0 Å². The number of nitrogens with one attached hydrogen (secondary N) is 1. The minimum atomic E-state index is -0.279. The van der Waals surface area contributed by atoms with Gasteiger partial charge in [-0.3, -0.25) is 4.79 Å². The van der Waals surface area contributed by atoms with Gasteiger partial charge in [-0.15, -0.1) is 10.2 Å². The quantitative estimate of drug-likeness (QED) is 0.745. The molecule has 0 bridgehead atoms. The average Bonchev–Trinajstić information content (AvgIpc) is 3.22. The van der Waals surface area contributed by atoms with Gasteiger partial charge in [0.15, 0.2) is 5.82 Å². The zero-order valence-electron chi connectivity index (χ0n) is 12.9. The molecule has 1 N–H and O–H groups in total. The molecule has 8 heteroatoms. The highest BCUT2D eigenvalue weighted by Gasteiger charge is 2.30. The maximum absolute atomic E-state index is 12.8. The highest BCUT2D eigenvalue weighted by Crippen LogP contribution is 2.39. The van der Waals surface area contributed by atoms with Gasteiger partial charge in [0.25, 0.3) is 0 Å². The number of rotatable bonds is 6. The molecule has 0 radical (unpaired) electrons. The SMILES string of the molecule is O=C(CCc1nn2c(C3CC3)nnc2s1)NCc1ccc(F)cc1. The first kappa shape index (κ1) is 15.2. The molecule has 6 nitrogen and oxygen atoms in total. The summed E-state index contributed by atoms with van der Waals surface area (Å²) in [5, 5.41) is 16.6. The summed E-state index contributed by atoms with van der Waals surface area (Å²) >= 11 is 1.48. The Morgan fingerprint density at radius 3 is 2.83 bits per heavy atom. The summed E-state index contributed by atoms with van der Waals surface area (Å²) in [6.07, 6.45) is 3.25. The molecule has 1 fully saturated rings. The Labute approximate surface area is 141 Å². The van der Waals surface area contributed by atoms with Crippen molar-refractivity contribution in [2.75, 3.05) is 0 Å². The van der Waals surface area contributed by atoms with E-state index < -0.39 is 0 Å². The molecule has 1 aliphatic carbocycles. The monoisotopic (exact) mass is 345 g/mol. The fourth-order valence-electron chi connectivity index (χ4n) is 2.48. The number of carbonyl (C=O) groups is 1. The standard InChI is InChI=1S/C16H16FN5OS/c17-12-5-1-10(2-6-12)9-18-13(23)7-8-14-21-22-15(11-3-4-11)19-20-16(22)24-14/h1-2,5-6,11H,3-4,7-9H2,(H,18,23). The first-order valence-corrected chi connectivity index (χ1v) is 8.73. The van der Waals surface area contributed by atoms with Gasteiger partial charge >= 0.3 is 0 Å². The fraction of sp³-hybridized carbons (Fsp3) is 0.375. The number of aromatic nitrogens is 4. The van der Waals surface area contributed by atoms with Crippen molar-refractivity contribution in [3.8, 4) is 0 Å². The summed E-state index contributed by atoms with van der Waals surface area (Å²) in [7, 11) is 0. The fourth-order valence-corrected chi connectivity index (χ4v) is 3.32. The molecule has 0 atom stereocenters. The van der Waals surface area contributed by atoms with Crippen molar-refractivity contribution in [2.24, 2.45) is 0 Å². The minimum absolute atomic E-state index is 0.0484. The summed E-state index contributed by atoms with van der Waals surface area (Å²) < 4.78 is 14.6. The highest BCUT2D eigenvalue weighted by molar-refractivity contribution is 7.16. The molecule has 1 amide bonds. The Morgan fingerprint density at radius 2 is 2.08 bits per heavy atom. The zero-order chi connectivity index (χ0) is 16.5. The number of benzene rings is 1. The molecule has 0 saturated heterocycles. The smallest absolute Gasteiger partial charge is 0.234 e. The molecule has 1 aliphatic rings. The Bertz CT molecular complexity index is 868. The third-order valence-corrected chi connectivity index (χ3v) is 4.93. The molecular formula is C16H16FN5OS. The number of aryl methyl sites for hydroxylation is 1. The van der Waals surface area contributed by atoms with Crippen molar-refractivity contribution in [2.45, 2.75) is 38.1 Å². The van der Waals surface area contributed by atoms with Gasteiger partial charge in [0.2, 0.25) is 10.9 Å². The van der Waals surface area contributed by atoms with Crippen molar-refractivity contribution in [3.05, 3.63) is 46.5 Å². The molecule has 0 unspecified atom stereocenters. The Kier molecular flexibility index (Phi) is 3.97. The number of halogens is 1. The Morgan fingerprint density at radius 1 is 1.29 bits per heavy atom. The number of hydrogen-bond donors (Lipinski definition) is 1. The van der Waals surface area contributed by atoms with Crippen LogP contribution in [-0.2, 0) is 17.8 Å². The van der Waals surface area contributed by atoms with Gasteiger partial charge < -0.3 is 5.32 Å². The van der Waals surface area contributed by atoms with Crippen LogP contribution in [0.4, 0.5) is 4.39 Å². The van der Waals surface area contributed by atoms with E-state index in [1.54, 1.807) is 12.1 Å². The van der Waals surface area contributed by atoms with Crippen LogP contribution in [0.15, 0.2) is 24.3 Å². The predicted molar refractivity (Wildman–Crippen MR) is 87.2 cm³/mol. The molecule has 3 aromatic rings. The van der Waals surface area contributed by atoms with Gasteiger partial charge in [0.05, 0.1) is 0 Å². The number of hydrogen-bond acceptors (Lipinski definition) is 5. The lowest BCUT2D eigenvalue weighted by atomic mass is 10.2. The third kappa shape index (κ3) is 3.28. The van der Waals surface area contributed by atoms with Gasteiger partial charge in [-0.05, 0) is 30.5 Å². The topological polar surface area (TPSA) is 72.2 Å². The summed E-state index contributed by atoms with van der Waals surface area (Å²) in [5.74, 6) is 1.11. The molecular weight excluding hydrogens is 329 g/mol. The van der Waals surface area contributed by atoms with Crippen LogP contribution in [0.2, 0.25) is 0 Å². The van der Waals surface area contributed by atoms with E-state index >= 15 is 0 Å². The van der Waals surface area contributed by atoms with Crippen molar-refractivity contribution in [1.29, 1.82) is 0 Å². The number of nitrogens with zero attached hydrogens (tertiary/aromatic N) is 4. The van der Waals surface area contributed by atoms with Crippen LogP contribution in [0.25, 0.3) is 4.96 Å². The summed E-state index contributed by atoms with van der Waals surface area (Å²) in [6, 6.07) is 6.10. The minimum Gasteiger partial charge on any atom is -0.352 e. The normalized spacial score (nSPS) is 14.2. The van der Waals surface area contributed by atoms with E-state index in [1.165, 1.54) is 23.5 Å². The largest absolute Gasteiger partial charge is 0.352 e. The molecule has 0 aliphatic heterocycles. The molecule has 0 spiro atoms. The highest BCUT2D eigenvalue weighted by atomic mass is 32.1. The van der Waals surface area contributed by atoms with Crippen LogP contribution >= 0.6 is 11.3 Å². The number of amides is 1. The maximum Gasteiger partial charge on any atom is 0.234 e. The van der Waals surface area contributed by atoms with Crippen LogP contribution in [0, 0.1) is 5.82 Å². The summed E-state index contributed by atoms with van der Waals surface area (Å²) in [6.45, 7) is 0.399. The van der Waals surface area contributed by atoms with Crippen LogP contribution in [0.1, 0.15) is 41.6 Å². The van der Waals surface area contributed by atoms with Gasteiger partial charge in [-0.1, -0.05) is 23.5 Å². The van der Waals surface area contributed by atoms with Gasteiger partial charge in [-0.25, -0.2) is 4.39 Å². The summed E-state index contributed by atoms with van der Waals surface area (Å²) in [4.78, 5) is 12.7. The van der Waals surface area contributed by atoms with Crippen LogP contribution in [0.5, 0.6) is 0 Å². The predicted octanol–water partition coefficient (Wildman–Crippen LogP) is 2.45. The molecule has 2 heterocycles. The molecule has 1 aromatic carbocycles.